The van der Waals surface area contributed by atoms with E-state index in [-0.39, 0.29) is 23.9 Å². The number of carbonyl (C=O) groups is 3. The maximum absolute atomic E-state index is 12.6. The molecule has 2 N–H and O–H groups in total. The van der Waals surface area contributed by atoms with Gasteiger partial charge in [0.2, 0.25) is 0 Å². The lowest BCUT2D eigenvalue weighted by atomic mass is 10.1. The molecule has 140 valence electrons. The van der Waals surface area contributed by atoms with E-state index >= 15 is 0 Å². The van der Waals surface area contributed by atoms with E-state index in [1.54, 1.807) is 60.7 Å². The molecule has 3 rings (SSSR count). The van der Waals surface area contributed by atoms with Crippen LogP contribution in [0.25, 0.3) is 0 Å². The van der Waals surface area contributed by atoms with Crippen LogP contribution in [0.1, 0.15) is 36.6 Å². The Morgan fingerprint density at radius 1 is 0.714 bits per heavy atom. The Balaban J connectivity index is 1.68. The molecule has 28 heavy (non-hydrogen) atoms. The first-order valence-electron chi connectivity index (χ1n) is 8.58. The molecule has 3 aromatic rings. The predicted molar refractivity (Wildman–Crippen MR) is 103 cm³/mol. The summed E-state index contributed by atoms with van der Waals surface area (Å²) in [6, 6.07) is 21.5. The van der Waals surface area contributed by atoms with Gasteiger partial charge in [-0.15, -0.1) is 0 Å². The van der Waals surface area contributed by atoms with Crippen molar-refractivity contribution in [3.63, 3.8) is 0 Å². The van der Waals surface area contributed by atoms with Gasteiger partial charge in [-0.1, -0.05) is 54.6 Å². The SMILES string of the molecule is O=C([O-])c1ccc(CNC(=O)c2ccccc2NC(=O)c2ccccc2)cc1. The van der Waals surface area contributed by atoms with Gasteiger partial charge in [0.25, 0.3) is 11.8 Å². The monoisotopic (exact) mass is 373 g/mol. The predicted octanol–water partition coefficient (Wildman–Crippen LogP) is 2.23. The molecule has 0 spiro atoms. The quantitative estimate of drug-likeness (QED) is 0.692. The topological polar surface area (TPSA) is 98.3 Å². The van der Waals surface area contributed by atoms with Crippen LogP contribution >= 0.6 is 0 Å². The maximum Gasteiger partial charge on any atom is 0.255 e. The van der Waals surface area contributed by atoms with Gasteiger partial charge in [0.15, 0.2) is 0 Å². The Morgan fingerprint density at radius 3 is 2.04 bits per heavy atom. The van der Waals surface area contributed by atoms with E-state index in [1.807, 2.05) is 6.07 Å². The van der Waals surface area contributed by atoms with Gasteiger partial charge in [0.05, 0.1) is 17.2 Å². The number of aromatic carboxylic acids is 1. The van der Waals surface area contributed by atoms with Crippen molar-refractivity contribution in [2.24, 2.45) is 0 Å². The molecule has 3 aromatic carbocycles. The van der Waals surface area contributed by atoms with E-state index < -0.39 is 5.97 Å². The Hall–Kier alpha value is -3.93. The number of nitrogens with one attached hydrogen (secondary N) is 2. The van der Waals surface area contributed by atoms with Gasteiger partial charge in [-0.05, 0) is 35.4 Å². The molecular weight excluding hydrogens is 356 g/mol. The lowest BCUT2D eigenvalue weighted by Gasteiger charge is -2.12. The highest BCUT2D eigenvalue weighted by atomic mass is 16.4. The summed E-state index contributed by atoms with van der Waals surface area (Å²) in [4.78, 5) is 35.7. The molecule has 2 amide bonds. The van der Waals surface area contributed by atoms with Crippen molar-refractivity contribution >= 4 is 23.5 Å². The third kappa shape index (κ3) is 4.62. The third-order valence-corrected chi connectivity index (χ3v) is 4.10. The van der Waals surface area contributed by atoms with Gasteiger partial charge in [-0.2, -0.15) is 0 Å². The standard InChI is InChI=1S/C22H18N2O4/c25-20(16-6-2-1-3-7-16)24-19-9-5-4-8-18(19)21(26)23-14-15-10-12-17(13-11-15)22(27)28/h1-13H,14H2,(H,23,26)(H,24,25)(H,27,28)/p-1. The number of hydrogen-bond donors (Lipinski definition) is 2. The first-order valence-corrected chi connectivity index (χ1v) is 8.58. The van der Waals surface area contributed by atoms with Gasteiger partial charge in [-0.25, -0.2) is 0 Å². The Labute approximate surface area is 161 Å². The zero-order valence-corrected chi connectivity index (χ0v) is 14.8. The molecule has 0 radical (unpaired) electrons. The van der Waals surface area contributed by atoms with Crippen LogP contribution in [-0.2, 0) is 6.54 Å². The van der Waals surface area contributed by atoms with Crippen LogP contribution in [0.15, 0.2) is 78.9 Å². The van der Waals surface area contributed by atoms with Crippen molar-refractivity contribution in [2.45, 2.75) is 6.54 Å². The van der Waals surface area contributed by atoms with Crippen molar-refractivity contribution < 1.29 is 19.5 Å². The number of amides is 2. The van der Waals surface area contributed by atoms with E-state index in [9.17, 15) is 19.5 Å². The molecule has 0 aliphatic heterocycles. The first-order chi connectivity index (χ1) is 13.5. The number of para-hydroxylation sites is 1. The maximum atomic E-state index is 12.6. The van der Waals surface area contributed by atoms with E-state index in [4.69, 9.17) is 0 Å². The number of hydrogen-bond acceptors (Lipinski definition) is 4. The largest absolute Gasteiger partial charge is 0.545 e. The number of carboxylic acids is 1. The molecule has 0 aliphatic carbocycles. The summed E-state index contributed by atoms with van der Waals surface area (Å²) in [6.45, 7) is 0.215. The van der Waals surface area contributed by atoms with Gasteiger partial charge < -0.3 is 20.5 Å². The summed E-state index contributed by atoms with van der Waals surface area (Å²) < 4.78 is 0. The number of carboxylic acid groups (broad SMARTS) is 1. The van der Waals surface area contributed by atoms with Crippen LogP contribution in [0, 0.1) is 0 Å². The zero-order chi connectivity index (χ0) is 19.9. The van der Waals surface area contributed by atoms with E-state index in [0.717, 1.165) is 5.56 Å². The summed E-state index contributed by atoms with van der Waals surface area (Å²) in [5, 5.41) is 16.3. The summed E-state index contributed by atoms with van der Waals surface area (Å²) in [6.07, 6.45) is 0. The second-order valence-corrected chi connectivity index (χ2v) is 6.03. The lowest BCUT2D eigenvalue weighted by molar-refractivity contribution is -0.255. The van der Waals surface area contributed by atoms with Crippen LogP contribution < -0.4 is 15.7 Å². The summed E-state index contributed by atoms with van der Waals surface area (Å²) in [5.41, 5.74) is 2.04. The zero-order valence-electron chi connectivity index (χ0n) is 14.8. The number of benzene rings is 3. The van der Waals surface area contributed by atoms with Crippen LogP contribution in [0.3, 0.4) is 0 Å². The highest BCUT2D eigenvalue weighted by molar-refractivity contribution is 6.08. The molecule has 0 saturated carbocycles. The average molecular weight is 373 g/mol. The number of anilines is 1. The fraction of sp³-hybridized carbons (Fsp3) is 0.0455. The number of carbonyl (C=O) groups excluding carboxylic acids is 3. The molecule has 6 heteroatoms. The molecule has 0 aliphatic rings. The highest BCUT2D eigenvalue weighted by Gasteiger charge is 2.13. The van der Waals surface area contributed by atoms with Crippen molar-refractivity contribution in [1.29, 1.82) is 0 Å². The second-order valence-electron chi connectivity index (χ2n) is 6.03. The average Bonchev–Trinajstić information content (AvgIpc) is 2.73. The molecule has 6 nitrogen and oxygen atoms in total. The van der Waals surface area contributed by atoms with Gasteiger partial charge in [0, 0.05) is 12.1 Å². The normalized spacial score (nSPS) is 10.1. The van der Waals surface area contributed by atoms with Gasteiger partial charge in [-0.3, -0.25) is 9.59 Å². The Bertz CT molecular complexity index is 999. The van der Waals surface area contributed by atoms with Crippen molar-refractivity contribution in [3.05, 3.63) is 101 Å². The lowest BCUT2D eigenvalue weighted by Crippen LogP contribution is -2.25. The molecule has 0 fully saturated rings. The van der Waals surface area contributed by atoms with E-state index in [0.29, 0.717) is 16.8 Å². The molecule has 0 unspecified atom stereocenters. The summed E-state index contributed by atoms with van der Waals surface area (Å²) in [7, 11) is 0. The summed E-state index contributed by atoms with van der Waals surface area (Å²) >= 11 is 0. The second kappa shape index (κ2) is 8.64. The molecule has 0 saturated heterocycles. The molecule has 0 atom stereocenters. The summed E-state index contributed by atoms with van der Waals surface area (Å²) in [5.74, 6) is -1.91. The molecular formula is C22H17N2O4-. The van der Waals surface area contributed by atoms with Crippen molar-refractivity contribution in [2.75, 3.05) is 5.32 Å². The minimum absolute atomic E-state index is 0.0732. The molecule has 0 heterocycles. The van der Waals surface area contributed by atoms with Crippen LogP contribution in [-0.4, -0.2) is 17.8 Å². The molecule has 0 bridgehead atoms. The van der Waals surface area contributed by atoms with Crippen LogP contribution in [0.4, 0.5) is 5.69 Å². The van der Waals surface area contributed by atoms with Crippen LogP contribution in [0.2, 0.25) is 0 Å². The minimum atomic E-state index is -1.25. The smallest absolute Gasteiger partial charge is 0.255 e. The highest BCUT2D eigenvalue weighted by Crippen LogP contribution is 2.16. The van der Waals surface area contributed by atoms with Crippen molar-refractivity contribution in [3.8, 4) is 0 Å². The van der Waals surface area contributed by atoms with Crippen LogP contribution in [0.5, 0.6) is 0 Å². The van der Waals surface area contributed by atoms with E-state index in [1.165, 1.54) is 12.1 Å². The number of rotatable bonds is 6. The van der Waals surface area contributed by atoms with Gasteiger partial charge in [0.1, 0.15) is 0 Å². The first kappa shape index (κ1) is 18.8. The fourth-order valence-electron chi connectivity index (χ4n) is 2.61. The molecule has 0 aromatic heterocycles. The third-order valence-electron chi connectivity index (χ3n) is 4.10. The Morgan fingerprint density at radius 2 is 1.36 bits per heavy atom. The fourth-order valence-corrected chi connectivity index (χ4v) is 2.61. The minimum Gasteiger partial charge on any atom is -0.545 e. The van der Waals surface area contributed by atoms with Gasteiger partial charge >= 0.3 is 0 Å². The van der Waals surface area contributed by atoms with E-state index in [2.05, 4.69) is 10.6 Å². The Kier molecular flexibility index (Phi) is 5.81. The van der Waals surface area contributed by atoms with Crippen molar-refractivity contribution in [1.82, 2.24) is 5.32 Å².